The molecule has 0 saturated carbocycles. The minimum Gasteiger partial charge on any atom is -0.399 e. The Hall–Kier alpha value is -2.70. The summed E-state index contributed by atoms with van der Waals surface area (Å²) in [5, 5.41) is 10.6. The van der Waals surface area contributed by atoms with E-state index < -0.39 is 10.6 Å². The maximum Gasteiger partial charge on any atom is 0.347 e. The molecule has 0 unspecified atom stereocenters. The van der Waals surface area contributed by atoms with Gasteiger partial charge in [-0.3, -0.25) is 14.7 Å². The van der Waals surface area contributed by atoms with Gasteiger partial charge in [-0.25, -0.2) is 4.79 Å². The molecule has 20 heavy (non-hydrogen) atoms. The van der Waals surface area contributed by atoms with Crippen LogP contribution in [0, 0.1) is 10.1 Å². The Morgan fingerprint density at radius 3 is 2.90 bits per heavy atom. The molecule has 0 bridgehead atoms. The lowest BCUT2D eigenvalue weighted by molar-refractivity contribution is -0.385. The first-order chi connectivity index (χ1) is 9.56. The molecule has 2 N–H and O–H groups in total. The van der Waals surface area contributed by atoms with Gasteiger partial charge in [-0.1, -0.05) is 12.1 Å². The van der Waals surface area contributed by atoms with Crippen molar-refractivity contribution in [1.82, 2.24) is 9.55 Å². The summed E-state index contributed by atoms with van der Waals surface area (Å²) in [6.45, 7) is 0.377. The van der Waals surface area contributed by atoms with Crippen molar-refractivity contribution < 1.29 is 4.92 Å². The van der Waals surface area contributed by atoms with Gasteiger partial charge in [0.1, 0.15) is 6.20 Å². The van der Waals surface area contributed by atoms with Crippen molar-refractivity contribution in [2.75, 3.05) is 5.73 Å². The Morgan fingerprint density at radius 2 is 2.20 bits per heavy atom. The lowest BCUT2D eigenvalue weighted by Gasteiger charge is -2.05. The molecule has 7 heteroatoms. The number of aromatic nitrogens is 2. The number of nitrogen functional groups attached to an aromatic ring is 1. The molecule has 0 fully saturated rings. The van der Waals surface area contributed by atoms with Crippen molar-refractivity contribution in [3.63, 3.8) is 0 Å². The fourth-order valence-corrected chi connectivity index (χ4v) is 1.90. The predicted molar refractivity (Wildman–Crippen MR) is 74.3 cm³/mol. The van der Waals surface area contributed by atoms with Crippen molar-refractivity contribution in [2.45, 2.75) is 19.4 Å². The van der Waals surface area contributed by atoms with Crippen LogP contribution in [0.25, 0.3) is 0 Å². The number of benzene rings is 1. The highest BCUT2D eigenvalue weighted by atomic mass is 16.6. The zero-order valence-corrected chi connectivity index (χ0v) is 10.7. The molecule has 0 spiro atoms. The summed E-state index contributed by atoms with van der Waals surface area (Å²) in [5.41, 5.74) is 6.77. The first kappa shape index (κ1) is 13.7. The zero-order chi connectivity index (χ0) is 14.5. The molecule has 0 atom stereocenters. The molecular formula is C13H14N4O3. The Labute approximate surface area is 114 Å². The second-order valence-electron chi connectivity index (χ2n) is 4.39. The van der Waals surface area contributed by atoms with Crippen LogP contribution in [0.1, 0.15) is 12.0 Å². The summed E-state index contributed by atoms with van der Waals surface area (Å²) < 4.78 is 1.25. The van der Waals surface area contributed by atoms with E-state index in [9.17, 15) is 14.9 Å². The van der Waals surface area contributed by atoms with E-state index in [1.807, 2.05) is 18.2 Å². The van der Waals surface area contributed by atoms with E-state index >= 15 is 0 Å². The molecule has 0 saturated heterocycles. The van der Waals surface area contributed by atoms with Crippen molar-refractivity contribution in [2.24, 2.45) is 0 Å². The molecule has 0 aliphatic carbocycles. The van der Waals surface area contributed by atoms with Gasteiger partial charge < -0.3 is 5.73 Å². The van der Waals surface area contributed by atoms with Crippen LogP contribution in [0.3, 0.4) is 0 Å². The van der Waals surface area contributed by atoms with Gasteiger partial charge in [-0.2, -0.15) is 4.98 Å². The van der Waals surface area contributed by atoms with E-state index in [0.717, 1.165) is 18.2 Å². The van der Waals surface area contributed by atoms with Crippen molar-refractivity contribution in [3.8, 4) is 0 Å². The van der Waals surface area contributed by atoms with Gasteiger partial charge in [0.05, 0.1) is 11.1 Å². The Kier molecular flexibility index (Phi) is 4.09. The number of rotatable bonds is 5. The van der Waals surface area contributed by atoms with E-state index in [1.54, 1.807) is 6.07 Å². The third-order valence-corrected chi connectivity index (χ3v) is 2.87. The number of anilines is 1. The van der Waals surface area contributed by atoms with Gasteiger partial charge in [0, 0.05) is 12.2 Å². The highest BCUT2D eigenvalue weighted by Gasteiger charge is 2.08. The molecule has 2 rings (SSSR count). The molecule has 2 aromatic rings. The summed E-state index contributed by atoms with van der Waals surface area (Å²) in [7, 11) is 0. The number of nitrogens with two attached hydrogens (primary N) is 1. The highest BCUT2D eigenvalue weighted by Crippen LogP contribution is 2.10. The normalized spacial score (nSPS) is 10.4. The second kappa shape index (κ2) is 5.96. The van der Waals surface area contributed by atoms with E-state index in [1.165, 1.54) is 10.8 Å². The third-order valence-electron chi connectivity index (χ3n) is 2.87. The molecule has 1 heterocycles. The fraction of sp³-hybridized carbons (Fsp3) is 0.231. The minimum atomic E-state index is -0.569. The quantitative estimate of drug-likeness (QED) is 0.503. The minimum absolute atomic E-state index is 0.187. The number of hydrogen-bond donors (Lipinski definition) is 1. The number of hydrogen-bond acceptors (Lipinski definition) is 5. The van der Waals surface area contributed by atoms with Gasteiger partial charge in [0.2, 0.25) is 0 Å². The largest absolute Gasteiger partial charge is 0.399 e. The monoisotopic (exact) mass is 274 g/mol. The van der Waals surface area contributed by atoms with Crippen LogP contribution >= 0.6 is 0 Å². The highest BCUT2D eigenvalue weighted by molar-refractivity contribution is 5.40. The summed E-state index contributed by atoms with van der Waals surface area (Å²) in [5.74, 6) is 0. The lowest BCUT2D eigenvalue weighted by Crippen LogP contribution is -2.22. The smallest absolute Gasteiger partial charge is 0.347 e. The average Bonchev–Trinajstić information content (AvgIpc) is 2.40. The molecule has 0 aliphatic rings. The predicted octanol–water partition coefficient (Wildman–Crippen LogP) is 1.37. The van der Waals surface area contributed by atoms with Gasteiger partial charge in [0.25, 0.3) is 0 Å². The van der Waals surface area contributed by atoms with E-state index in [-0.39, 0.29) is 5.69 Å². The fourth-order valence-electron chi connectivity index (χ4n) is 1.90. The SMILES string of the molecule is Nc1cccc(CCCn2cc([N+](=O)[O-])cnc2=O)c1. The van der Waals surface area contributed by atoms with Crippen LogP contribution in [0.5, 0.6) is 0 Å². The van der Waals surface area contributed by atoms with Gasteiger partial charge >= 0.3 is 11.4 Å². The van der Waals surface area contributed by atoms with E-state index in [2.05, 4.69) is 4.98 Å². The number of nitro groups is 1. The summed E-state index contributed by atoms with van der Waals surface area (Å²) in [4.78, 5) is 25.1. The van der Waals surface area contributed by atoms with Crippen molar-refractivity contribution in [3.05, 3.63) is 62.8 Å². The first-order valence-electron chi connectivity index (χ1n) is 6.11. The lowest BCUT2D eigenvalue weighted by atomic mass is 10.1. The molecule has 0 amide bonds. The molecular weight excluding hydrogens is 260 g/mol. The van der Waals surface area contributed by atoms with Crippen LogP contribution in [-0.2, 0) is 13.0 Å². The Bertz CT molecular complexity index is 681. The first-order valence-corrected chi connectivity index (χ1v) is 6.11. The van der Waals surface area contributed by atoms with Crippen molar-refractivity contribution >= 4 is 11.4 Å². The van der Waals surface area contributed by atoms with Crippen LogP contribution in [0.4, 0.5) is 11.4 Å². The molecule has 1 aromatic carbocycles. The molecule has 104 valence electrons. The van der Waals surface area contributed by atoms with Gasteiger partial charge in [-0.15, -0.1) is 0 Å². The topological polar surface area (TPSA) is 104 Å². The Morgan fingerprint density at radius 1 is 1.40 bits per heavy atom. The van der Waals surface area contributed by atoms with Crippen LogP contribution < -0.4 is 11.4 Å². The van der Waals surface area contributed by atoms with Crippen LogP contribution in [-0.4, -0.2) is 14.5 Å². The Balaban J connectivity index is 2.02. The average molecular weight is 274 g/mol. The number of nitrogens with zero attached hydrogens (tertiary/aromatic N) is 3. The van der Waals surface area contributed by atoms with Gasteiger partial charge in [0.15, 0.2) is 0 Å². The molecule has 0 aliphatic heterocycles. The van der Waals surface area contributed by atoms with Crippen molar-refractivity contribution in [1.29, 1.82) is 0 Å². The summed E-state index contributed by atoms with van der Waals surface area (Å²) in [6, 6.07) is 7.49. The maximum absolute atomic E-state index is 11.5. The van der Waals surface area contributed by atoms with E-state index in [4.69, 9.17) is 5.73 Å². The summed E-state index contributed by atoms with van der Waals surface area (Å²) >= 11 is 0. The van der Waals surface area contributed by atoms with Crippen LogP contribution in [0.2, 0.25) is 0 Å². The van der Waals surface area contributed by atoms with Crippen LogP contribution in [0.15, 0.2) is 41.5 Å². The molecule has 0 radical (unpaired) electrons. The van der Waals surface area contributed by atoms with E-state index in [0.29, 0.717) is 18.7 Å². The zero-order valence-electron chi connectivity index (χ0n) is 10.7. The second-order valence-corrected chi connectivity index (χ2v) is 4.39. The third kappa shape index (κ3) is 3.41. The van der Waals surface area contributed by atoms with Gasteiger partial charge in [-0.05, 0) is 30.5 Å². The molecule has 1 aromatic heterocycles. The number of aryl methyl sites for hydroxylation is 2. The summed E-state index contributed by atoms with van der Waals surface area (Å²) in [6.07, 6.45) is 3.60. The maximum atomic E-state index is 11.5. The standard InChI is InChI=1S/C13H14N4O3/c14-11-5-1-3-10(7-11)4-2-6-16-9-12(17(19)20)8-15-13(16)18/h1,3,5,7-9H,2,4,6,14H2. The molecule has 7 nitrogen and oxygen atoms in total.